The lowest BCUT2D eigenvalue weighted by Gasteiger charge is -2.07. The Balaban J connectivity index is 0.000000149. The molecule has 3 aliphatic rings. The van der Waals surface area contributed by atoms with Crippen LogP contribution in [0.3, 0.4) is 0 Å². The number of hydrogen-bond acceptors (Lipinski definition) is 6. The van der Waals surface area contributed by atoms with E-state index in [1.54, 1.807) is 0 Å². The zero-order valence-corrected chi connectivity index (χ0v) is 28.3. The summed E-state index contributed by atoms with van der Waals surface area (Å²) in [5, 5.41) is 4.76. The van der Waals surface area contributed by atoms with Gasteiger partial charge in [0.1, 0.15) is 55.4 Å². The highest BCUT2D eigenvalue weighted by atomic mass is 16.6. The second-order valence-corrected chi connectivity index (χ2v) is 11.5. The Hall–Kier alpha value is -4.10. The smallest absolute Gasteiger partial charge is 0.127 e. The highest BCUT2D eigenvalue weighted by molar-refractivity contribution is 5.88. The molecule has 250 valence electrons. The lowest BCUT2D eigenvalue weighted by molar-refractivity contribution is 0.263. The van der Waals surface area contributed by atoms with E-state index in [4.69, 9.17) is 28.4 Å². The fraction of sp³-hybridized carbons (Fsp3) is 0.366. The lowest BCUT2D eigenvalue weighted by atomic mass is 10.1. The molecule has 5 aromatic rings. The molecule has 6 heteroatoms. The Morgan fingerprint density at radius 1 is 0.447 bits per heavy atom. The maximum absolute atomic E-state index is 5.72. The molecule has 3 saturated heterocycles. The molecule has 0 spiro atoms. The highest BCUT2D eigenvalue weighted by Gasteiger charge is 2.24. The Kier molecular flexibility index (Phi) is 15.4. The first-order valence-electron chi connectivity index (χ1n) is 16.9. The fourth-order valence-corrected chi connectivity index (χ4v) is 4.21. The van der Waals surface area contributed by atoms with Gasteiger partial charge in [0.2, 0.25) is 0 Å². The molecule has 0 amide bonds. The first-order valence-corrected chi connectivity index (χ1v) is 16.9. The molecule has 3 fully saturated rings. The van der Waals surface area contributed by atoms with Crippen LogP contribution in [0.4, 0.5) is 0 Å². The minimum atomic E-state index is 0.309. The van der Waals surface area contributed by atoms with E-state index in [1.165, 1.54) is 34.4 Å². The Bertz CT molecular complexity index is 1460. The van der Waals surface area contributed by atoms with E-state index in [1.807, 2.05) is 78.9 Å². The molecular weight excluding hydrogens is 588 g/mol. The molecule has 0 aromatic heterocycles. The first kappa shape index (κ1) is 35.7. The van der Waals surface area contributed by atoms with Crippen molar-refractivity contribution in [3.63, 3.8) is 0 Å². The van der Waals surface area contributed by atoms with Gasteiger partial charge in [0, 0.05) is 10.8 Å². The van der Waals surface area contributed by atoms with Gasteiger partial charge in [-0.05, 0) is 35.0 Å². The van der Waals surface area contributed by atoms with Gasteiger partial charge in [-0.3, -0.25) is 0 Å². The molecule has 0 radical (unpaired) electrons. The van der Waals surface area contributed by atoms with Crippen LogP contribution in [0.15, 0.2) is 115 Å². The summed E-state index contributed by atoms with van der Waals surface area (Å²) in [6, 6.07) is 38.5. The summed E-state index contributed by atoms with van der Waals surface area (Å²) in [5.41, 5.74) is 0. The minimum absolute atomic E-state index is 0.309. The molecule has 3 aliphatic heterocycles. The van der Waals surface area contributed by atoms with E-state index in [0.717, 1.165) is 37.1 Å². The third kappa shape index (κ3) is 13.7. The van der Waals surface area contributed by atoms with Crippen molar-refractivity contribution < 1.29 is 28.4 Å². The third-order valence-electron chi connectivity index (χ3n) is 6.73. The summed E-state index contributed by atoms with van der Waals surface area (Å²) in [6.45, 7) is 13.0. The van der Waals surface area contributed by atoms with Crippen LogP contribution in [-0.2, 0) is 14.2 Å². The van der Waals surface area contributed by atoms with Crippen molar-refractivity contribution in [3.05, 3.63) is 115 Å². The lowest BCUT2D eigenvalue weighted by Crippen LogP contribution is -2.04. The predicted octanol–water partition coefficient (Wildman–Crippen LogP) is 9.53. The van der Waals surface area contributed by atoms with E-state index >= 15 is 0 Å². The van der Waals surface area contributed by atoms with Crippen LogP contribution >= 0.6 is 0 Å². The number of ether oxygens (including phenoxy) is 6. The van der Waals surface area contributed by atoms with Crippen molar-refractivity contribution >= 4 is 21.5 Å². The van der Waals surface area contributed by atoms with Crippen molar-refractivity contribution in [2.75, 3.05) is 39.6 Å². The van der Waals surface area contributed by atoms with Crippen molar-refractivity contribution in [2.24, 2.45) is 0 Å². The zero-order chi connectivity index (χ0) is 33.1. The van der Waals surface area contributed by atoms with E-state index in [0.29, 0.717) is 38.1 Å². The van der Waals surface area contributed by atoms with E-state index < -0.39 is 0 Å². The maximum atomic E-state index is 5.72. The molecule has 8 rings (SSSR count). The molecule has 5 aromatic carbocycles. The molecule has 0 saturated carbocycles. The van der Waals surface area contributed by atoms with Crippen LogP contribution in [-0.4, -0.2) is 58.0 Å². The van der Waals surface area contributed by atoms with Crippen LogP contribution in [0.25, 0.3) is 21.5 Å². The topological polar surface area (TPSA) is 65.3 Å². The maximum Gasteiger partial charge on any atom is 0.127 e. The van der Waals surface area contributed by atoms with Crippen LogP contribution in [0.5, 0.6) is 17.2 Å². The summed E-state index contributed by atoms with van der Waals surface area (Å²) < 4.78 is 32.1. The number of rotatable bonds is 9. The third-order valence-corrected chi connectivity index (χ3v) is 6.73. The van der Waals surface area contributed by atoms with Gasteiger partial charge in [-0.15, -0.1) is 0 Å². The highest BCUT2D eigenvalue weighted by Crippen LogP contribution is 2.27. The van der Waals surface area contributed by atoms with Crippen molar-refractivity contribution in [1.82, 2.24) is 0 Å². The Morgan fingerprint density at radius 2 is 0.787 bits per heavy atom. The number of para-hydroxylation sites is 1. The van der Waals surface area contributed by atoms with Gasteiger partial charge >= 0.3 is 0 Å². The quantitative estimate of drug-likeness (QED) is 0.150. The average molecular weight is 639 g/mol. The summed E-state index contributed by atoms with van der Waals surface area (Å²) >= 11 is 0. The molecule has 0 aliphatic carbocycles. The first-order chi connectivity index (χ1) is 23.1. The van der Waals surface area contributed by atoms with Gasteiger partial charge in [-0.25, -0.2) is 0 Å². The van der Waals surface area contributed by atoms with Crippen LogP contribution < -0.4 is 14.2 Å². The number of fused-ring (bicyclic) bond motifs is 2. The molecule has 0 bridgehead atoms. The summed E-state index contributed by atoms with van der Waals surface area (Å²) in [4.78, 5) is 0. The molecule has 3 unspecified atom stereocenters. The van der Waals surface area contributed by atoms with Gasteiger partial charge < -0.3 is 28.4 Å². The van der Waals surface area contributed by atoms with Gasteiger partial charge in [0.25, 0.3) is 0 Å². The molecule has 47 heavy (non-hydrogen) atoms. The summed E-state index contributed by atoms with van der Waals surface area (Å²) in [5.74, 6) is 2.82. The Morgan fingerprint density at radius 3 is 1.19 bits per heavy atom. The monoisotopic (exact) mass is 638 g/mol. The van der Waals surface area contributed by atoms with Gasteiger partial charge in [0.05, 0.1) is 19.8 Å². The number of hydrogen-bond donors (Lipinski definition) is 0. The molecule has 3 atom stereocenters. The van der Waals surface area contributed by atoms with Crippen LogP contribution in [0.1, 0.15) is 40.5 Å². The number of epoxide rings is 3. The summed E-state index contributed by atoms with van der Waals surface area (Å²) in [6.07, 6.45) is 3.46. The number of benzene rings is 5. The zero-order valence-electron chi connectivity index (χ0n) is 28.3. The van der Waals surface area contributed by atoms with Gasteiger partial charge in [0.15, 0.2) is 0 Å². The summed E-state index contributed by atoms with van der Waals surface area (Å²) in [7, 11) is 0. The molecule has 0 N–H and O–H groups in total. The van der Waals surface area contributed by atoms with Crippen molar-refractivity contribution in [2.45, 2.75) is 58.8 Å². The van der Waals surface area contributed by atoms with Gasteiger partial charge in [-0.1, -0.05) is 132 Å². The minimum Gasteiger partial charge on any atom is -0.491 e. The van der Waals surface area contributed by atoms with Crippen LogP contribution in [0, 0.1) is 0 Å². The van der Waals surface area contributed by atoms with Crippen LogP contribution in [0.2, 0.25) is 0 Å². The normalized spacial score (nSPS) is 17.9. The van der Waals surface area contributed by atoms with E-state index in [9.17, 15) is 0 Å². The largest absolute Gasteiger partial charge is 0.491 e. The predicted molar refractivity (Wildman–Crippen MR) is 192 cm³/mol. The second-order valence-electron chi connectivity index (χ2n) is 11.5. The second kappa shape index (κ2) is 20.2. The van der Waals surface area contributed by atoms with Gasteiger partial charge in [-0.2, -0.15) is 0 Å². The Labute approximate surface area is 280 Å². The average Bonchev–Trinajstić information content (AvgIpc) is 3.96. The molecule has 3 heterocycles. The molecular formula is C41H50O6. The fourth-order valence-electron chi connectivity index (χ4n) is 4.21. The van der Waals surface area contributed by atoms with Crippen molar-refractivity contribution in [3.8, 4) is 17.2 Å². The standard InChI is InChI=1S/2C13H12O2.C9H10O2.2C3H8/c2*1-2-6-12-10(4-1)5-3-7-13(12)15-9-11-8-14-11;1-2-4-8(5-3-1)10-6-9-7-11-9;2*1-3-2/h2*1-7,11H,8-9H2;1-5,9H,6-7H2;2*3H2,1-2H3. The SMILES string of the molecule is CCC.CCC.c1ccc(OCC2CO2)cc1.c1ccc2c(OCC3CO3)cccc2c1.c1ccc2c(OCC3CO3)cccc2c1. The van der Waals surface area contributed by atoms with E-state index in [2.05, 4.69) is 64.1 Å². The molecule has 6 nitrogen and oxygen atoms in total. The van der Waals surface area contributed by atoms with Crippen molar-refractivity contribution in [1.29, 1.82) is 0 Å². The van der Waals surface area contributed by atoms with E-state index in [-0.39, 0.29) is 0 Å².